The zero-order valence-corrected chi connectivity index (χ0v) is 12.2. The van der Waals surface area contributed by atoms with Gasteiger partial charge < -0.3 is 0 Å². The number of hydrogen-bond donors (Lipinski definition) is 1. The smallest absolute Gasteiger partial charge is 0.273 e. The molecule has 0 spiro atoms. The average molecular weight is 325 g/mol. The summed E-state index contributed by atoms with van der Waals surface area (Å²) in [6.07, 6.45) is 2.65. The van der Waals surface area contributed by atoms with Crippen molar-refractivity contribution in [2.24, 2.45) is 0 Å². The van der Waals surface area contributed by atoms with Crippen LogP contribution in [0.5, 0.6) is 0 Å². The Morgan fingerprint density at radius 3 is 2.38 bits per heavy atom. The third-order valence-electron chi connectivity index (χ3n) is 2.79. The third-order valence-corrected chi connectivity index (χ3v) is 3.45. The van der Waals surface area contributed by atoms with Crippen LogP contribution in [0.3, 0.4) is 0 Å². The van der Waals surface area contributed by atoms with Crippen LogP contribution in [0, 0.1) is 0 Å². The van der Waals surface area contributed by atoms with Crippen molar-refractivity contribution in [3.63, 3.8) is 0 Å². The van der Waals surface area contributed by atoms with Crippen molar-refractivity contribution in [2.45, 2.75) is 0 Å². The molecule has 5 nitrogen and oxygen atoms in total. The molecule has 2 rings (SSSR count). The van der Waals surface area contributed by atoms with Gasteiger partial charge in [0.25, 0.3) is 11.8 Å². The van der Waals surface area contributed by atoms with E-state index >= 15 is 0 Å². The Bertz CT molecular complexity index is 663. The maximum absolute atomic E-state index is 12.2. The van der Waals surface area contributed by atoms with Crippen molar-refractivity contribution < 1.29 is 14.4 Å². The highest BCUT2D eigenvalue weighted by Crippen LogP contribution is 2.27. The monoisotopic (exact) mass is 324 g/mol. The Labute approximate surface area is 130 Å². The second-order valence-corrected chi connectivity index (χ2v) is 4.97. The van der Waals surface area contributed by atoms with Crippen molar-refractivity contribution >= 4 is 47.1 Å². The summed E-state index contributed by atoms with van der Waals surface area (Å²) < 4.78 is 0. The van der Waals surface area contributed by atoms with Crippen LogP contribution >= 0.6 is 23.2 Å². The van der Waals surface area contributed by atoms with Gasteiger partial charge in [-0.1, -0.05) is 35.3 Å². The molecule has 0 aliphatic carbocycles. The minimum atomic E-state index is -0.790. The zero-order valence-electron chi connectivity index (χ0n) is 10.7. The zero-order chi connectivity index (χ0) is 15.6. The highest BCUT2D eigenvalue weighted by molar-refractivity contribution is 6.38. The van der Waals surface area contributed by atoms with Gasteiger partial charge in [0.2, 0.25) is 0 Å². The molecule has 108 valence electrons. The molecular formula is C14H10Cl2N2O3. The van der Waals surface area contributed by atoms with Gasteiger partial charge in [-0.15, -0.1) is 6.58 Å². The van der Waals surface area contributed by atoms with Gasteiger partial charge in [0.05, 0.1) is 0 Å². The number of nitrogens with one attached hydrogen (secondary N) is 1. The van der Waals surface area contributed by atoms with E-state index in [1.165, 1.54) is 12.2 Å². The number of rotatable bonds is 3. The van der Waals surface area contributed by atoms with E-state index in [1.54, 1.807) is 18.2 Å². The first-order chi connectivity index (χ1) is 9.95. The second-order valence-electron chi connectivity index (χ2n) is 4.16. The minimum Gasteiger partial charge on any atom is -0.273 e. The summed E-state index contributed by atoms with van der Waals surface area (Å²) in [5.41, 5.74) is 0.124. The molecule has 0 radical (unpaired) electrons. The molecule has 0 saturated carbocycles. The normalized spacial score (nSPS) is 17.1. The van der Waals surface area contributed by atoms with Crippen molar-refractivity contribution in [2.75, 3.05) is 6.54 Å². The van der Waals surface area contributed by atoms with E-state index in [0.717, 1.165) is 4.90 Å². The fourth-order valence-electron chi connectivity index (χ4n) is 1.78. The van der Waals surface area contributed by atoms with E-state index in [9.17, 15) is 14.4 Å². The van der Waals surface area contributed by atoms with Gasteiger partial charge in [0, 0.05) is 22.2 Å². The highest BCUT2D eigenvalue weighted by atomic mass is 35.5. The van der Waals surface area contributed by atoms with Gasteiger partial charge in [0.15, 0.2) is 0 Å². The summed E-state index contributed by atoms with van der Waals surface area (Å²) in [5.74, 6) is -1.51. The predicted molar refractivity (Wildman–Crippen MR) is 79.9 cm³/mol. The van der Waals surface area contributed by atoms with Crippen LogP contribution in [0.1, 0.15) is 5.56 Å². The maximum Gasteiger partial charge on any atom is 0.331 e. The maximum atomic E-state index is 12.2. The highest BCUT2D eigenvalue weighted by Gasteiger charge is 2.35. The Kier molecular flexibility index (Phi) is 4.45. The molecule has 1 fully saturated rings. The average Bonchev–Trinajstić information content (AvgIpc) is 2.42. The van der Waals surface area contributed by atoms with Crippen LogP contribution in [0.25, 0.3) is 6.08 Å². The number of nitrogens with zero attached hydrogens (tertiary/aromatic N) is 1. The standard InChI is InChI=1S/C14H10Cl2N2O3/c1-2-6-18-13(20)9(12(19)17-14(18)21)7-8-10(15)4-3-5-11(8)16/h2-5,7H,1,6H2,(H,17,19,21). The van der Waals surface area contributed by atoms with Gasteiger partial charge >= 0.3 is 6.03 Å². The number of urea groups is 1. The summed E-state index contributed by atoms with van der Waals surface area (Å²) in [5, 5.41) is 2.67. The van der Waals surface area contributed by atoms with Gasteiger partial charge in [-0.25, -0.2) is 4.79 Å². The topological polar surface area (TPSA) is 66.5 Å². The summed E-state index contributed by atoms with van der Waals surface area (Å²) in [7, 11) is 0. The van der Waals surface area contributed by atoms with Gasteiger partial charge in [-0.05, 0) is 18.2 Å². The molecule has 1 N–H and O–H groups in total. The first kappa shape index (κ1) is 15.3. The molecule has 1 heterocycles. The number of barbiturate groups is 1. The van der Waals surface area contributed by atoms with Crippen LogP contribution in [0.4, 0.5) is 4.79 Å². The molecule has 1 aliphatic rings. The molecular weight excluding hydrogens is 315 g/mol. The largest absolute Gasteiger partial charge is 0.331 e. The molecule has 1 saturated heterocycles. The van der Waals surface area contributed by atoms with Crippen molar-refractivity contribution in [1.29, 1.82) is 0 Å². The fourth-order valence-corrected chi connectivity index (χ4v) is 2.29. The number of hydrogen-bond acceptors (Lipinski definition) is 3. The van der Waals surface area contributed by atoms with Crippen LogP contribution < -0.4 is 5.32 Å². The molecule has 0 bridgehead atoms. The number of halogens is 2. The Morgan fingerprint density at radius 1 is 1.19 bits per heavy atom. The third kappa shape index (κ3) is 2.99. The minimum absolute atomic E-state index is 0.00839. The number of imide groups is 2. The van der Waals surface area contributed by atoms with Crippen molar-refractivity contribution in [3.8, 4) is 0 Å². The van der Waals surface area contributed by atoms with Crippen LogP contribution in [0.2, 0.25) is 10.0 Å². The van der Waals surface area contributed by atoms with Crippen LogP contribution in [0.15, 0.2) is 36.4 Å². The molecule has 0 aromatic heterocycles. The van der Waals surface area contributed by atoms with E-state index in [1.807, 2.05) is 0 Å². The fraction of sp³-hybridized carbons (Fsp3) is 0.0714. The van der Waals surface area contributed by atoms with E-state index in [-0.39, 0.29) is 12.1 Å². The number of benzene rings is 1. The van der Waals surface area contributed by atoms with Gasteiger partial charge in [-0.2, -0.15) is 0 Å². The number of carbonyl (C=O) groups excluding carboxylic acids is 3. The molecule has 0 unspecified atom stereocenters. The molecule has 1 aliphatic heterocycles. The van der Waals surface area contributed by atoms with E-state index < -0.39 is 17.8 Å². The molecule has 4 amide bonds. The Balaban J connectivity index is 2.48. The van der Waals surface area contributed by atoms with Crippen LogP contribution in [-0.4, -0.2) is 29.3 Å². The van der Waals surface area contributed by atoms with E-state index in [2.05, 4.69) is 11.9 Å². The summed E-state index contributed by atoms with van der Waals surface area (Å²) in [4.78, 5) is 36.5. The molecule has 7 heteroatoms. The van der Waals surface area contributed by atoms with E-state index in [4.69, 9.17) is 23.2 Å². The van der Waals surface area contributed by atoms with Gasteiger partial charge in [0.1, 0.15) is 5.57 Å². The second kappa shape index (κ2) is 6.11. The first-order valence-corrected chi connectivity index (χ1v) is 6.65. The lowest BCUT2D eigenvalue weighted by Crippen LogP contribution is -2.54. The predicted octanol–water partition coefficient (Wildman–Crippen LogP) is 2.64. The lowest BCUT2D eigenvalue weighted by molar-refractivity contribution is -0.129. The van der Waals surface area contributed by atoms with Crippen molar-refractivity contribution in [3.05, 3.63) is 52.0 Å². The van der Waals surface area contributed by atoms with E-state index in [0.29, 0.717) is 15.6 Å². The lowest BCUT2D eigenvalue weighted by Gasteiger charge is -2.25. The summed E-state index contributed by atoms with van der Waals surface area (Å²) in [6.45, 7) is 3.45. The molecule has 1 aromatic carbocycles. The van der Waals surface area contributed by atoms with Gasteiger partial charge in [-0.3, -0.25) is 19.8 Å². The van der Waals surface area contributed by atoms with Crippen LogP contribution in [-0.2, 0) is 9.59 Å². The quantitative estimate of drug-likeness (QED) is 0.528. The lowest BCUT2D eigenvalue weighted by atomic mass is 10.1. The summed E-state index contributed by atoms with van der Waals surface area (Å²) >= 11 is 12.0. The Hall–Kier alpha value is -2.11. The summed E-state index contributed by atoms with van der Waals surface area (Å²) in [6, 6.07) is 4.02. The molecule has 0 atom stereocenters. The van der Waals surface area contributed by atoms with Crippen molar-refractivity contribution in [1.82, 2.24) is 10.2 Å². The first-order valence-electron chi connectivity index (χ1n) is 5.89. The number of amides is 4. The molecule has 21 heavy (non-hydrogen) atoms. The molecule has 1 aromatic rings. The SMILES string of the molecule is C=CCN1C(=O)NC(=O)C(=Cc2c(Cl)cccc2Cl)C1=O. The number of carbonyl (C=O) groups is 3. The Morgan fingerprint density at radius 2 is 1.81 bits per heavy atom.